The van der Waals surface area contributed by atoms with E-state index in [-0.39, 0.29) is 53.0 Å². The Morgan fingerprint density at radius 1 is 0.968 bits per heavy atom. The van der Waals surface area contributed by atoms with E-state index in [0.29, 0.717) is 0 Å². The summed E-state index contributed by atoms with van der Waals surface area (Å²) in [6.07, 6.45) is 1.25. The Bertz CT molecular complexity index is 1280. The van der Waals surface area contributed by atoms with E-state index in [1.807, 2.05) is 0 Å². The third kappa shape index (κ3) is 5.43. The van der Waals surface area contributed by atoms with Gasteiger partial charge in [0.1, 0.15) is 5.75 Å². The third-order valence-corrected chi connectivity index (χ3v) is 6.38. The van der Waals surface area contributed by atoms with E-state index < -0.39 is 14.9 Å². The van der Waals surface area contributed by atoms with Crippen LogP contribution < -0.4 is 9.46 Å². The third-order valence-electron chi connectivity index (χ3n) is 3.67. The smallest absolute Gasteiger partial charge is 0.271 e. The highest BCUT2D eigenvalue weighted by atomic mass is 35.5. The quantitative estimate of drug-likeness (QED) is 0.207. The fourth-order valence-corrected chi connectivity index (χ4v) is 4.66. The van der Waals surface area contributed by atoms with Crippen molar-refractivity contribution in [1.29, 1.82) is 0 Å². The molecule has 1 heterocycles. The first-order chi connectivity index (χ1) is 14.5. The molecule has 1 aromatic heterocycles. The fraction of sp³-hybridized carbons (Fsp3) is 0. The van der Waals surface area contributed by atoms with Crippen molar-refractivity contribution >= 4 is 79.4 Å². The molecule has 0 saturated carbocycles. The second-order valence-electron chi connectivity index (χ2n) is 5.79. The van der Waals surface area contributed by atoms with Crippen molar-refractivity contribution in [1.82, 2.24) is 4.98 Å². The molecule has 3 rings (SSSR count). The first-order valence-electron chi connectivity index (χ1n) is 7.92. The largest absolute Gasteiger partial charge is 0.453 e. The number of nitrogens with one attached hydrogen (secondary N) is 1. The molecule has 31 heavy (non-hydrogen) atoms. The molecule has 3 aromatic rings. The van der Waals surface area contributed by atoms with Gasteiger partial charge < -0.3 is 4.74 Å². The van der Waals surface area contributed by atoms with E-state index in [9.17, 15) is 18.5 Å². The number of hydrogen-bond donors (Lipinski definition) is 1. The van der Waals surface area contributed by atoms with Crippen LogP contribution in [0.5, 0.6) is 11.5 Å². The summed E-state index contributed by atoms with van der Waals surface area (Å²) in [7, 11) is -4.17. The second-order valence-corrected chi connectivity index (χ2v) is 9.49. The number of ether oxygens (including phenoxy) is 1. The van der Waals surface area contributed by atoms with Gasteiger partial charge in [0.05, 0.1) is 35.6 Å². The van der Waals surface area contributed by atoms with Gasteiger partial charge in [-0.05, 0) is 24.3 Å². The Balaban J connectivity index is 1.93. The lowest BCUT2D eigenvalue weighted by Crippen LogP contribution is -2.13. The van der Waals surface area contributed by atoms with Gasteiger partial charge >= 0.3 is 0 Å². The average Bonchev–Trinajstić information content (AvgIpc) is 2.68. The highest BCUT2D eigenvalue weighted by Gasteiger charge is 2.22. The summed E-state index contributed by atoms with van der Waals surface area (Å²) >= 11 is 30.0. The number of pyridine rings is 1. The number of sulfonamides is 1. The maximum atomic E-state index is 12.7. The lowest BCUT2D eigenvalue weighted by atomic mass is 10.3. The highest BCUT2D eigenvalue weighted by Crippen LogP contribution is 2.41. The summed E-state index contributed by atoms with van der Waals surface area (Å²) in [5, 5.41) is 10.5. The van der Waals surface area contributed by atoms with Crippen molar-refractivity contribution < 1.29 is 18.1 Å². The van der Waals surface area contributed by atoms with E-state index in [4.69, 9.17) is 62.7 Å². The Hall–Kier alpha value is -2.01. The van der Waals surface area contributed by atoms with Crippen LogP contribution in [0, 0.1) is 10.1 Å². The molecule has 0 radical (unpaired) electrons. The minimum absolute atomic E-state index is 0.0292. The maximum absolute atomic E-state index is 12.7. The predicted molar refractivity (Wildman–Crippen MR) is 120 cm³/mol. The number of hydrogen-bond acceptors (Lipinski definition) is 6. The van der Waals surface area contributed by atoms with Crippen LogP contribution in [0.25, 0.3) is 0 Å². The fourth-order valence-electron chi connectivity index (χ4n) is 2.28. The van der Waals surface area contributed by atoms with Gasteiger partial charge in [-0.3, -0.25) is 14.8 Å². The van der Waals surface area contributed by atoms with E-state index in [0.717, 1.165) is 18.2 Å². The van der Waals surface area contributed by atoms with Crippen LogP contribution >= 0.6 is 58.0 Å². The zero-order valence-electron chi connectivity index (χ0n) is 14.8. The van der Waals surface area contributed by atoms with Crippen molar-refractivity contribution in [2.75, 3.05) is 4.72 Å². The molecule has 2 aromatic carbocycles. The zero-order valence-corrected chi connectivity index (χ0v) is 19.4. The van der Waals surface area contributed by atoms with Crippen LogP contribution in [0.4, 0.5) is 11.4 Å². The summed E-state index contributed by atoms with van der Waals surface area (Å²) in [5.74, 6) is -0.0675. The number of benzene rings is 2. The monoisotopic (exact) mass is 541 g/mol. The Kier molecular flexibility index (Phi) is 7.04. The highest BCUT2D eigenvalue weighted by molar-refractivity contribution is 7.92. The number of aromatic nitrogens is 1. The normalized spacial score (nSPS) is 11.3. The van der Waals surface area contributed by atoms with E-state index in [1.54, 1.807) is 0 Å². The number of nitro groups is 1. The molecule has 0 fully saturated rings. The minimum Gasteiger partial charge on any atom is -0.453 e. The molecule has 0 aliphatic heterocycles. The summed E-state index contributed by atoms with van der Waals surface area (Å²) in [6.45, 7) is 0. The van der Waals surface area contributed by atoms with Gasteiger partial charge in [-0.15, -0.1) is 0 Å². The van der Waals surface area contributed by atoms with Gasteiger partial charge in [-0.2, -0.15) is 0 Å². The maximum Gasteiger partial charge on any atom is 0.271 e. The number of non-ortho nitro benzene ring substituents is 1. The van der Waals surface area contributed by atoms with E-state index in [1.165, 1.54) is 24.4 Å². The molecule has 0 spiro atoms. The lowest BCUT2D eigenvalue weighted by Gasteiger charge is -2.14. The summed E-state index contributed by atoms with van der Waals surface area (Å²) in [5.41, 5.74) is -0.282. The lowest BCUT2D eigenvalue weighted by molar-refractivity contribution is -0.384. The number of rotatable bonds is 6. The van der Waals surface area contributed by atoms with Gasteiger partial charge in [0.2, 0.25) is 0 Å². The van der Waals surface area contributed by atoms with Crippen molar-refractivity contribution in [3.63, 3.8) is 0 Å². The predicted octanol–water partition coefficient (Wildman–Crippen LogP) is 6.85. The molecule has 0 amide bonds. The first kappa shape index (κ1) is 23.6. The van der Waals surface area contributed by atoms with Crippen LogP contribution in [0.2, 0.25) is 25.2 Å². The molecule has 14 heteroatoms. The first-order valence-corrected chi connectivity index (χ1v) is 11.3. The SMILES string of the molecule is O=[N+]([O-])c1ccc(Oc2c(Cl)cc(S(=O)(=O)Nc3cc(Cl)cnc3Cl)cc2Cl)c(Cl)c1. The molecular formula is C17H8Cl5N3O5S. The molecule has 0 unspecified atom stereocenters. The standard InChI is InChI=1S/C17H8Cl5N3O5S/c18-8-3-14(17(22)23-7-8)24-31(28,29)10-5-12(20)16(13(21)6-10)30-15-2-1-9(25(26)27)4-11(15)19/h1-7,24H. The van der Waals surface area contributed by atoms with Crippen LogP contribution in [0.3, 0.4) is 0 Å². The van der Waals surface area contributed by atoms with Crippen LogP contribution in [-0.4, -0.2) is 18.3 Å². The molecule has 0 saturated heterocycles. The van der Waals surface area contributed by atoms with Crippen molar-refractivity contribution in [2.24, 2.45) is 0 Å². The Morgan fingerprint density at radius 3 is 2.19 bits per heavy atom. The van der Waals surface area contributed by atoms with Crippen molar-refractivity contribution in [2.45, 2.75) is 4.90 Å². The molecule has 0 atom stereocenters. The topological polar surface area (TPSA) is 111 Å². The molecule has 8 nitrogen and oxygen atoms in total. The van der Waals surface area contributed by atoms with Crippen LogP contribution in [0.1, 0.15) is 0 Å². The summed E-state index contributed by atoms with van der Waals surface area (Å²) in [6, 6.07) is 6.99. The molecule has 0 aliphatic rings. The van der Waals surface area contributed by atoms with Gasteiger partial charge in [0.15, 0.2) is 10.9 Å². The minimum atomic E-state index is -4.17. The van der Waals surface area contributed by atoms with Gasteiger partial charge in [-0.1, -0.05) is 58.0 Å². The van der Waals surface area contributed by atoms with Gasteiger partial charge in [0.25, 0.3) is 15.7 Å². The summed E-state index contributed by atoms with van der Waals surface area (Å²) < 4.78 is 33.2. The zero-order chi connectivity index (χ0) is 22.9. The van der Waals surface area contributed by atoms with E-state index >= 15 is 0 Å². The van der Waals surface area contributed by atoms with Crippen molar-refractivity contribution in [3.8, 4) is 11.5 Å². The number of nitro benzene ring substituents is 1. The summed E-state index contributed by atoms with van der Waals surface area (Å²) in [4.78, 5) is 13.7. The molecular weight excluding hydrogens is 536 g/mol. The Labute approximate surface area is 200 Å². The molecule has 162 valence electrons. The Morgan fingerprint density at radius 2 is 1.61 bits per heavy atom. The number of anilines is 1. The second kappa shape index (κ2) is 9.23. The van der Waals surface area contributed by atoms with E-state index in [2.05, 4.69) is 9.71 Å². The van der Waals surface area contributed by atoms with Crippen LogP contribution in [0.15, 0.2) is 47.5 Å². The number of halogens is 5. The van der Waals surface area contributed by atoms with Gasteiger partial charge in [0, 0.05) is 18.3 Å². The molecule has 0 bridgehead atoms. The van der Waals surface area contributed by atoms with Crippen LogP contribution in [-0.2, 0) is 10.0 Å². The average molecular weight is 544 g/mol. The molecule has 0 aliphatic carbocycles. The molecule has 1 N–H and O–H groups in total. The van der Waals surface area contributed by atoms with Gasteiger partial charge in [-0.25, -0.2) is 13.4 Å². The number of nitrogens with zero attached hydrogens (tertiary/aromatic N) is 2. The van der Waals surface area contributed by atoms with Crippen molar-refractivity contribution in [3.05, 3.63) is 78.0 Å².